The summed E-state index contributed by atoms with van der Waals surface area (Å²) in [6, 6.07) is 5.79. The highest BCUT2D eigenvalue weighted by atomic mass is 16.4. The average Bonchev–Trinajstić information content (AvgIpc) is 2.42. The molecule has 0 fully saturated rings. The van der Waals surface area contributed by atoms with E-state index < -0.39 is 11.9 Å². The van der Waals surface area contributed by atoms with Crippen LogP contribution in [-0.2, 0) is 4.79 Å². The first-order chi connectivity index (χ1) is 10.7. The highest BCUT2D eigenvalue weighted by Gasteiger charge is 2.21. The predicted octanol–water partition coefficient (Wildman–Crippen LogP) is 2.15. The number of carbonyl (C=O) groups is 3. The van der Waals surface area contributed by atoms with Gasteiger partial charge in [0.1, 0.15) is 6.54 Å². The molecule has 7 heteroatoms. The molecule has 0 spiro atoms. The summed E-state index contributed by atoms with van der Waals surface area (Å²) in [6.07, 6.45) is 0. The molecule has 0 aromatic heterocycles. The quantitative estimate of drug-likeness (QED) is 0.747. The van der Waals surface area contributed by atoms with Gasteiger partial charge in [-0.25, -0.2) is 4.79 Å². The third-order valence-corrected chi connectivity index (χ3v) is 2.98. The van der Waals surface area contributed by atoms with Gasteiger partial charge in [0.2, 0.25) is 0 Å². The van der Waals surface area contributed by atoms with E-state index in [1.165, 1.54) is 11.0 Å². The van der Waals surface area contributed by atoms with Crippen LogP contribution in [0.2, 0.25) is 0 Å². The first-order valence-corrected chi connectivity index (χ1v) is 7.41. The van der Waals surface area contributed by atoms with Crippen LogP contribution in [0.25, 0.3) is 0 Å². The Hall–Kier alpha value is -2.57. The van der Waals surface area contributed by atoms with Gasteiger partial charge in [0.15, 0.2) is 0 Å². The zero-order chi connectivity index (χ0) is 17.6. The van der Waals surface area contributed by atoms with Crippen LogP contribution < -0.4 is 10.6 Å². The molecule has 1 aromatic carbocycles. The second-order valence-electron chi connectivity index (χ2n) is 5.75. The minimum atomic E-state index is -1.07. The highest BCUT2D eigenvalue weighted by Crippen LogP contribution is 2.14. The molecule has 23 heavy (non-hydrogen) atoms. The van der Waals surface area contributed by atoms with Crippen molar-refractivity contribution in [1.82, 2.24) is 10.2 Å². The molecule has 1 aromatic rings. The molecule has 1 rings (SSSR count). The van der Waals surface area contributed by atoms with E-state index in [0.29, 0.717) is 11.3 Å². The predicted molar refractivity (Wildman–Crippen MR) is 87.5 cm³/mol. The molecular formula is C16H23N3O4. The largest absolute Gasteiger partial charge is 0.480 e. The standard InChI is InChI=1S/C16H23N3O4/c1-10(2)17-16(23)18-13-7-5-6-12(8-13)15(22)19(11(3)4)9-14(20)21/h5-8,10-11H,9H2,1-4H3,(H,20,21)(H2,17,18,23). The fraction of sp³-hybridized carbons (Fsp3) is 0.438. The summed E-state index contributed by atoms with van der Waals surface area (Å²) in [5.41, 5.74) is 0.787. The van der Waals surface area contributed by atoms with Crippen molar-refractivity contribution in [1.29, 1.82) is 0 Å². The van der Waals surface area contributed by atoms with Crippen molar-refractivity contribution >= 4 is 23.6 Å². The monoisotopic (exact) mass is 321 g/mol. The van der Waals surface area contributed by atoms with E-state index >= 15 is 0 Å². The van der Waals surface area contributed by atoms with E-state index in [-0.39, 0.29) is 24.7 Å². The molecule has 126 valence electrons. The Labute approximate surface area is 135 Å². The van der Waals surface area contributed by atoms with E-state index in [9.17, 15) is 14.4 Å². The zero-order valence-corrected chi connectivity index (χ0v) is 13.8. The van der Waals surface area contributed by atoms with Crippen molar-refractivity contribution in [2.75, 3.05) is 11.9 Å². The number of hydrogen-bond donors (Lipinski definition) is 3. The van der Waals surface area contributed by atoms with Gasteiger partial charge in [0.25, 0.3) is 5.91 Å². The van der Waals surface area contributed by atoms with Crippen molar-refractivity contribution in [3.63, 3.8) is 0 Å². The maximum atomic E-state index is 12.5. The summed E-state index contributed by atoms with van der Waals surface area (Å²) in [4.78, 5) is 36.3. The molecule has 0 aliphatic rings. The van der Waals surface area contributed by atoms with Gasteiger partial charge in [-0.15, -0.1) is 0 Å². The number of hydrogen-bond acceptors (Lipinski definition) is 3. The lowest BCUT2D eigenvalue weighted by molar-refractivity contribution is -0.138. The third-order valence-electron chi connectivity index (χ3n) is 2.98. The maximum absolute atomic E-state index is 12.5. The van der Waals surface area contributed by atoms with Crippen LogP contribution in [0, 0.1) is 0 Å². The van der Waals surface area contributed by atoms with Crippen LogP contribution in [-0.4, -0.2) is 46.5 Å². The number of rotatable bonds is 6. The second-order valence-corrected chi connectivity index (χ2v) is 5.75. The molecule has 0 aliphatic heterocycles. The van der Waals surface area contributed by atoms with Crippen molar-refractivity contribution in [3.05, 3.63) is 29.8 Å². The van der Waals surface area contributed by atoms with Gasteiger partial charge in [-0.2, -0.15) is 0 Å². The molecular weight excluding hydrogens is 298 g/mol. The number of carboxylic acid groups (broad SMARTS) is 1. The summed E-state index contributed by atoms with van der Waals surface area (Å²) < 4.78 is 0. The fourth-order valence-corrected chi connectivity index (χ4v) is 1.96. The third kappa shape index (κ3) is 5.98. The number of amides is 3. The molecule has 0 saturated heterocycles. The summed E-state index contributed by atoms with van der Waals surface area (Å²) >= 11 is 0. The van der Waals surface area contributed by atoms with E-state index in [4.69, 9.17) is 5.11 Å². The average molecular weight is 321 g/mol. The summed E-state index contributed by atoms with van der Waals surface area (Å²) in [6.45, 7) is 6.80. The number of aliphatic carboxylic acids is 1. The van der Waals surface area contributed by atoms with Crippen molar-refractivity contribution in [2.45, 2.75) is 39.8 Å². The Morgan fingerprint density at radius 2 is 1.83 bits per heavy atom. The van der Waals surface area contributed by atoms with E-state index in [1.807, 2.05) is 13.8 Å². The Morgan fingerprint density at radius 3 is 2.35 bits per heavy atom. The van der Waals surface area contributed by atoms with E-state index in [2.05, 4.69) is 10.6 Å². The number of nitrogens with one attached hydrogen (secondary N) is 2. The molecule has 7 nitrogen and oxygen atoms in total. The van der Waals surface area contributed by atoms with Gasteiger partial charge in [0, 0.05) is 23.3 Å². The lowest BCUT2D eigenvalue weighted by Crippen LogP contribution is -2.40. The number of anilines is 1. The maximum Gasteiger partial charge on any atom is 0.323 e. The van der Waals surface area contributed by atoms with Gasteiger partial charge >= 0.3 is 12.0 Å². The molecule has 0 radical (unpaired) electrons. The van der Waals surface area contributed by atoms with Crippen LogP contribution in [0.3, 0.4) is 0 Å². The lowest BCUT2D eigenvalue weighted by Gasteiger charge is -2.25. The van der Waals surface area contributed by atoms with Crippen LogP contribution in [0.1, 0.15) is 38.1 Å². The summed E-state index contributed by atoms with van der Waals surface area (Å²) in [7, 11) is 0. The Balaban J connectivity index is 2.91. The number of carboxylic acids is 1. The number of benzene rings is 1. The Kier molecular flexibility index (Phi) is 6.56. The van der Waals surface area contributed by atoms with Crippen LogP contribution in [0.4, 0.5) is 10.5 Å². The van der Waals surface area contributed by atoms with Gasteiger partial charge < -0.3 is 20.6 Å². The van der Waals surface area contributed by atoms with Gasteiger partial charge in [0.05, 0.1) is 0 Å². The molecule has 0 unspecified atom stereocenters. The summed E-state index contributed by atoms with van der Waals surface area (Å²) in [5.74, 6) is -1.46. The number of nitrogens with zero attached hydrogens (tertiary/aromatic N) is 1. The second kappa shape index (κ2) is 8.17. The van der Waals surface area contributed by atoms with Gasteiger partial charge in [-0.1, -0.05) is 6.07 Å². The molecule has 0 heterocycles. The minimum absolute atomic E-state index is 0.00758. The fourth-order valence-electron chi connectivity index (χ4n) is 1.96. The minimum Gasteiger partial charge on any atom is -0.480 e. The van der Waals surface area contributed by atoms with Crippen molar-refractivity contribution < 1.29 is 19.5 Å². The van der Waals surface area contributed by atoms with Gasteiger partial charge in [-0.05, 0) is 45.9 Å². The number of carbonyl (C=O) groups excluding carboxylic acids is 2. The van der Waals surface area contributed by atoms with Crippen molar-refractivity contribution in [3.8, 4) is 0 Å². The smallest absolute Gasteiger partial charge is 0.323 e. The summed E-state index contributed by atoms with van der Waals surface area (Å²) in [5, 5.41) is 14.3. The first kappa shape index (κ1) is 18.5. The Morgan fingerprint density at radius 1 is 1.17 bits per heavy atom. The normalized spacial score (nSPS) is 10.5. The van der Waals surface area contributed by atoms with Crippen LogP contribution in [0.5, 0.6) is 0 Å². The van der Waals surface area contributed by atoms with Crippen molar-refractivity contribution in [2.24, 2.45) is 0 Å². The lowest BCUT2D eigenvalue weighted by atomic mass is 10.1. The molecule has 0 saturated carbocycles. The topological polar surface area (TPSA) is 98.7 Å². The molecule has 3 N–H and O–H groups in total. The Bertz CT molecular complexity index is 584. The number of urea groups is 1. The van der Waals surface area contributed by atoms with Crippen LogP contribution in [0.15, 0.2) is 24.3 Å². The van der Waals surface area contributed by atoms with E-state index in [1.54, 1.807) is 32.0 Å². The van der Waals surface area contributed by atoms with Crippen LogP contribution >= 0.6 is 0 Å². The molecule has 3 amide bonds. The van der Waals surface area contributed by atoms with E-state index in [0.717, 1.165) is 0 Å². The molecule has 0 aliphatic carbocycles. The van der Waals surface area contributed by atoms with Gasteiger partial charge in [-0.3, -0.25) is 9.59 Å². The highest BCUT2D eigenvalue weighted by molar-refractivity contribution is 5.98. The molecule has 0 bridgehead atoms. The SMILES string of the molecule is CC(C)NC(=O)Nc1cccc(C(=O)N(CC(=O)O)C(C)C)c1. The zero-order valence-electron chi connectivity index (χ0n) is 13.8. The molecule has 0 atom stereocenters. The first-order valence-electron chi connectivity index (χ1n) is 7.41.